The zero-order valence-electron chi connectivity index (χ0n) is 21.2. The lowest BCUT2D eigenvalue weighted by Gasteiger charge is -2.70. The summed E-state index contributed by atoms with van der Waals surface area (Å²) in [6.07, 6.45) is 9.19. The van der Waals surface area contributed by atoms with E-state index in [1.54, 1.807) is 6.26 Å². The van der Waals surface area contributed by atoms with E-state index in [0.29, 0.717) is 17.6 Å². The zero-order chi connectivity index (χ0) is 24.4. The van der Waals surface area contributed by atoms with Crippen LogP contribution < -0.4 is 5.32 Å². The van der Waals surface area contributed by atoms with Gasteiger partial charge in [-0.25, -0.2) is 4.79 Å². The standard InChI is InChI=1S/C26H43NO5S/c1-23(2,3)32-22(30)27-20-17(15-33(6)31)16-8-12-26(20)13-9-18-24(4,19(26)14-16)10-7-11-25(18,5)21(28)29/h16-20H,7-15H2,1-6H3,(H,27,30)(H,28,29)/t16-,17-,18-,19-,20+,24+,25+,26-,33?/m0/s1. The summed E-state index contributed by atoms with van der Waals surface area (Å²) in [4.78, 5) is 25.4. The minimum absolute atomic E-state index is 0.0491. The fourth-order valence-electron chi connectivity index (χ4n) is 8.96. The highest BCUT2D eigenvalue weighted by molar-refractivity contribution is 7.84. The van der Waals surface area contributed by atoms with Gasteiger partial charge in [-0.15, -0.1) is 0 Å². The SMILES string of the molecule is CS(=O)C[C@H]1[C@H]2CC[C@@]3(CC[C@H]4[C@@](C)(CCC[C@@]4(C)C(=O)O)[C@@H]3C2)[C@@H]1NC(=O)OC(C)(C)C. The largest absolute Gasteiger partial charge is 0.481 e. The first-order valence-corrected chi connectivity index (χ1v) is 14.5. The van der Waals surface area contributed by atoms with Crippen molar-refractivity contribution in [3.63, 3.8) is 0 Å². The number of carbonyl (C=O) groups excluding carboxylic acids is 1. The Morgan fingerprint density at radius 1 is 1.09 bits per heavy atom. The molecule has 1 spiro atoms. The molecule has 5 aliphatic rings. The Kier molecular flexibility index (Phi) is 6.24. The van der Waals surface area contributed by atoms with E-state index in [2.05, 4.69) is 12.2 Å². The summed E-state index contributed by atoms with van der Waals surface area (Å²) in [7, 11) is -0.942. The third-order valence-electron chi connectivity index (χ3n) is 10.1. The van der Waals surface area contributed by atoms with Gasteiger partial charge in [-0.05, 0) is 107 Å². The van der Waals surface area contributed by atoms with Crippen molar-refractivity contribution in [2.24, 2.45) is 39.9 Å². The van der Waals surface area contributed by atoms with E-state index in [4.69, 9.17) is 4.74 Å². The van der Waals surface area contributed by atoms with Crippen molar-refractivity contribution in [2.45, 2.75) is 97.6 Å². The molecule has 0 heterocycles. The summed E-state index contributed by atoms with van der Waals surface area (Å²) in [5, 5.41) is 13.5. The van der Waals surface area contributed by atoms with Gasteiger partial charge in [0, 0.05) is 28.9 Å². The molecule has 5 saturated carbocycles. The van der Waals surface area contributed by atoms with Crippen molar-refractivity contribution in [2.75, 3.05) is 12.0 Å². The maximum Gasteiger partial charge on any atom is 0.407 e. The number of ether oxygens (including phenoxy) is 1. The second-order valence-corrected chi connectivity index (χ2v) is 14.5. The average Bonchev–Trinajstić information content (AvgIpc) is 2.68. The van der Waals surface area contributed by atoms with Crippen LogP contribution in [0.3, 0.4) is 0 Å². The van der Waals surface area contributed by atoms with Crippen LogP contribution in [0.1, 0.15) is 86.0 Å². The molecule has 1 amide bonds. The van der Waals surface area contributed by atoms with Crippen LogP contribution in [0.2, 0.25) is 0 Å². The van der Waals surface area contributed by atoms with E-state index in [1.807, 2.05) is 27.7 Å². The van der Waals surface area contributed by atoms with Crippen molar-refractivity contribution in [1.29, 1.82) is 0 Å². The van der Waals surface area contributed by atoms with E-state index in [-0.39, 0.29) is 34.8 Å². The molecule has 7 heteroatoms. The normalized spacial score (nSPS) is 45.5. The number of carbonyl (C=O) groups is 2. The van der Waals surface area contributed by atoms with Crippen LogP contribution in [0.15, 0.2) is 0 Å². The molecule has 5 rings (SSSR count). The van der Waals surface area contributed by atoms with Crippen LogP contribution in [0.25, 0.3) is 0 Å². The van der Waals surface area contributed by atoms with Gasteiger partial charge in [0.05, 0.1) is 5.41 Å². The lowest BCUT2D eigenvalue weighted by Crippen LogP contribution is -2.70. The molecule has 0 aliphatic heterocycles. The molecule has 1 unspecified atom stereocenters. The first kappa shape index (κ1) is 25.0. The van der Waals surface area contributed by atoms with Crippen LogP contribution in [0, 0.1) is 39.9 Å². The van der Waals surface area contributed by atoms with Crippen molar-refractivity contribution in [3.05, 3.63) is 0 Å². The Hall–Kier alpha value is -1.11. The van der Waals surface area contributed by atoms with Crippen LogP contribution in [-0.2, 0) is 20.3 Å². The molecule has 0 aromatic rings. The number of aliphatic carboxylic acids is 1. The second kappa shape index (κ2) is 8.23. The van der Waals surface area contributed by atoms with Gasteiger partial charge >= 0.3 is 12.1 Å². The number of alkyl carbamates (subject to hydrolysis) is 1. The smallest absolute Gasteiger partial charge is 0.407 e. The lowest BCUT2D eigenvalue weighted by atomic mass is 9.35. The molecule has 188 valence electrons. The minimum atomic E-state index is -0.942. The van der Waals surface area contributed by atoms with Gasteiger partial charge in [-0.1, -0.05) is 13.3 Å². The maximum atomic E-state index is 13.0. The Labute approximate surface area is 201 Å². The molecule has 9 atom stereocenters. The van der Waals surface area contributed by atoms with Gasteiger partial charge < -0.3 is 15.2 Å². The van der Waals surface area contributed by atoms with Gasteiger partial charge in [-0.3, -0.25) is 9.00 Å². The summed E-state index contributed by atoms with van der Waals surface area (Å²) < 4.78 is 18.0. The molecule has 5 fully saturated rings. The van der Waals surface area contributed by atoms with Gasteiger partial charge in [-0.2, -0.15) is 0 Å². The molecular formula is C26H43NO5S. The summed E-state index contributed by atoms with van der Waals surface area (Å²) in [5.74, 6) is 1.08. The predicted molar refractivity (Wildman–Crippen MR) is 129 cm³/mol. The van der Waals surface area contributed by atoms with Gasteiger partial charge in [0.2, 0.25) is 0 Å². The quantitative estimate of drug-likeness (QED) is 0.591. The topological polar surface area (TPSA) is 92.7 Å². The number of carboxylic acid groups (broad SMARTS) is 1. The number of nitrogens with one attached hydrogen (secondary N) is 1. The number of hydrogen-bond donors (Lipinski definition) is 2. The third kappa shape index (κ3) is 4.04. The van der Waals surface area contributed by atoms with E-state index in [0.717, 1.165) is 51.4 Å². The van der Waals surface area contributed by atoms with Crippen molar-refractivity contribution < 1.29 is 23.6 Å². The average molecular weight is 482 g/mol. The molecule has 0 aromatic carbocycles. The first-order valence-electron chi connectivity index (χ1n) is 12.8. The molecule has 0 aromatic heterocycles. The van der Waals surface area contributed by atoms with Crippen molar-refractivity contribution >= 4 is 22.9 Å². The molecule has 6 nitrogen and oxygen atoms in total. The molecule has 0 saturated heterocycles. The molecule has 33 heavy (non-hydrogen) atoms. The van der Waals surface area contributed by atoms with Crippen LogP contribution in [0.5, 0.6) is 0 Å². The monoisotopic (exact) mass is 481 g/mol. The van der Waals surface area contributed by atoms with Crippen LogP contribution in [0.4, 0.5) is 4.79 Å². The summed E-state index contributed by atoms with van der Waals surface area (Å²) in [5.41, 5.74) is -1.37. The van der Waals surface area contributed by atoms with Crippen LogP contribution >= 0.6 is 0 Å². The van der Waals surface area contributed by atoms with E-state index in [9.17, 15) is 18.9 Å². The summed E-state index contributed by atoms with van der Waals surface area (Å²) in [6.45, 7) is 9.94. The van der Waals surface area contributed by atoms with E-state index < -0.39 is 27.8 Å². The number of rotatable bonds is 4. The number of amides is 1. The number of carboxylic acids is 1. The van der Waals surface area contributed by atoms with Gasteiger partial charge in [0.25, 0.3) is 0 Å². The maximum absolute atomic E-state index is 13.0. The molecular weight excluding hydrogens is 438 g/mol. The third-order valence-corrected chi connectivity index (χ3v) is 11.0. The highest BCUT2D eigenvalue weighted by Gasteiger charge is 2.69. The van der Waals surface area contributed by atoms with Crippen molar-refractivity contribution in [3.8, 4) is 0 Å². The number of hydrogen-bond acceptors (Lipinski definition) is 4. The Morgan fingerprint density at radius 3 is 2.36 bits per heavy atom. The Morgan fingerprint density at radius 2 is 1.76 bits per heavy atom. The molecule has 2 N–H and O–H groups in total. The second-order valence-electron chi connectivity index (χ2n) is 13.0. The zero-order valence-corrected chi connectivity index (χ0v) is 22.1. The minimum Gasteiger partial charge on any atom is -0.481 e. The van der Waals surface area contributed by atoms with E-state index in [1.165, 1.54) is 0 Å². The first-order chi connectivity index (χ1) is 15.2. The molecule has 5 aliphatic carbocycles. The Bertz CT molecular complexity index is 839. The number of fused-ring (bicyclic) bond motifs is 3. The van der Waals surface area contributed by atoms with Gasteiger partial charge in [0.15, 0.2) is 0 Å². The van der Waals surface area contributed by atoms with E-state index >= 15 is 0 Å². The molecule has 0 radical (unpaired) electrons. The fourth-order valence-corrected chi connectivity index (χ4v) is 9.97. The van der Waals surface area contributed by atoms with Gasteiger partial charge in [0.1, 0.15) is 5.60 Å². The predicted octanol–water partition coefficient (Wildman–Crippen LogP) is 4.98. The highest BCUT2D eigenvalue weighted by atomic mass is 32.2. The van der Waals surface area contributed by atoms with Crippen molar-refractivity contribution in [1.82, 2.24) is 5.32 Å². The van der Waals surface area contributed by atoms with Crippen LogP contribution in [-0.4, -0.2) is 45.0 Å². The summed E-state index contributed by atoms with van der Waals surface area (Å²) >= 11 is 0. The fraction of sp³-hybridized carbons (Fsp3) is 0.923. The lowest BCUT2D eigenvalue weighted by molar-refractivity contribution is -0.212. The highest BCUT2D eigenvalue weighted by Crippen LogP contribution is 2.72. The molecule has 2 bridgehead atoms. The summed E-state index contributed by atoms with van der Waals surface area (Å²) in [6, 6.07) is -0.0652. The Balaban J connectivity index is 1.72.